The van der Waals surface area contributed by atoms with E-state index >= 15 is 0 Å². The van der Waals surface area contributed by atoms with Crippen molar-refractivity contribution in [2.24, 2.45) is 5.73 Å². The highest BCUT2D eigenvalue weighted by Gasteiger charge is 2.40. The van der Waals surface area contributed by atoms with Gasteiger partial charge >= 0.3 is 0 Å². The summed E-state index contributed by atoms with van der Waals surface area (Å²) in [6, 6.07) is 7.93. The largest absolute Gasteiger partial charge is 0.344 e. The van der Waals surface area contributed by atoms with Crippen LogP contribution in [0.15, 0.2) is 24.3 Å². The first-order valence-electron chi connectivity index (χ1n) is 7.67. The van der Waals surface area contributed by atoms with Crippen LogP contribution in [0.1, 0.15) is 30.4 Å². The van der Waals surface area contributed by atoms with Crippen molar-refractivity contribution < 1.29 is 4.79 Å². The Kier molecular flexibility index (Phi) is 5.01. The molecule has 1 amide bonds. The average molecular weight is 289 g/mol. The van der Waals surface area contributed by atoms with E-state index in [4.69, 9.17) is 5.73 Å². The predicted molar refractivity (Wildman–Crippen MR) is 85.9 cm³/mol. The van der Waals surface area contributed by atoms with Crippen LogP contribution >= 0.6 is 0 Å². The van der Waals surface area contributed by atoms with E-state index in [0.29, 0.717) is 13.0 Å². The third-order valence-corrected chi connectivity index (χ3v) is 4.87. The van der Waals surface area contributed by atoms with Crippen molar-refractivity contribution in [3.8, 4) is 0 Å². The molecule has 0 heterocycles. The number of hydrogen-bond donors (Lipinski definition) is 1. The van der Waals surface area contributed by atoms with Gasteiger partial charge in [0.15, 0.2) is 0 Å². The molecule has 0 spiro atoms. The second-order valence-corrected chi connectivity index (χ2v) is 6.37. The third kappa shape index (κ3) is 3.44. The highest BCUT2D eigenvalue weighted by atomic mass is 16.2. The summed E-state index contributed by atoms with van der Waals surface area (Å²) in [6.45, 7) is 1.29. The minimum absolute atomic E-state index is 0.170. The highest BCUT2D eigenvalue weighted by Crippen LogP contribution is 2.36. The zero-order valence-electron chi connectivity index (χ0n) is 13.4. The molecule has 1 fully saturated rings. The van der Waals surface area contributed by atoms with E-state index in [1.807, 2.05) is 36.2 Å². The molecule has 1 aliphatic carbocycles. The lowest BCUT2D eigenvalue weighted by Gasteiger charge is -2.49. The molecule has 21 heavy (non-hydrogen) atoms. The number of benzene rings is 1. The number of rotatable bonds is 6. The predicted octanol–water partition coefficient (Wildman–Crippen LogP) is 1.63. The molecule has 4 nitrogen and oxygen atoms in total. The van der Waals surface area contributed by atoms with Crippen LogP contribution in [0.4, 0.5) is 0 Å². The molecule has 4 heteroatoms. The molecular weight excluding hydrogens is 262 g/mol. The van der Waals surface area contributed by atoms with Gasteiger partial charge in [0, 0.05) is 25.7 Å². The smallest absolute Gasteiger partial charge is 0.226 e. The maximum Gasteiger partial charge on any atom is 0.226 e. The summed E-state index contributed by atoms with van der Waals surface area (Å²) in [5, 5.41) is 0. The maximum atomic E-state index is 12.5. The van der Waals surface area contributed by atoms with Gasteiger partial charge in [0.1, 0.15) is 0 Å². The number of carbonyl (C=O) groups excluding carboxylic acids is 1. The van der Waals surface area contributed by atoms with Gasteiger partial charge in [-0.1, -0.05) is 24.3 Å². The number of likely N-dealkylation sites (N-methyl/N-ethyl adjacent to an activating group) is 2. The Morgan fingerprint density at radius 2 is 1.81 bits per heavy atom. The summed E-state index contributed by atoms with van der Waals surface area (Å²) < 4.78 is 0. The molecule has 0 aromatic heterocycles. The zero-order chi connectivity index (χ0) is 15.5. The third-order valence-electron chi connectivity index (χ3n) is 4.87. The molecule has 1 aliphatic rings. The van der Waals surface area contributed by atoms with Gasteiger partial charge in [-0.15, -0.1) is 0 Å². The minimum Gasteiger partial charge on any atom is -0.344 e. The first-order chi connectivity index (χ1) is 9.98. The standard InChI is InChI=1S/C17H27N3O/c1-19(2)17(9-6-10-17)13-20(3)16(21)11-14-7-4-5-8-15(14)12-18/h4-5,7-8H,6,9-13,18H2,1-3H3. The van der Waals surface area contributed by atoms with E-state index < -0.39 is 0 Å². The van der Waals surface area contributed by atoms with Crippen molar-refractivity contribution in [1.82, 2.24) is 9.80 Å². The van der Waals surface area contributed by atoms with E-state index in [-0.39, 0.29) is 11.4 Å². The van der Waals surface area contributed by atoms with Crippen LogP contribution < -0.4 is 5.73 Å². The molecule has 0 saturated heterocycles. The number of nitrogens with two attached hydrogens (primary N) is 1. The quantitative estimate of drug-likeness (QED) is 0.866. The summed E-state index contributed by atoms with van der Waals surface area (Å²) in [6.07, 6.45) is 4.05. The van der Waals surface area contributed by atoms with Crippen LogP contribution in [0.2, 0.25) is 0 Å². The SMILES string of the molecule is CN(CC1(N(C)C)CCC1)C(=O)Cc1ccccc1CN. The Bertz CT molecular complexity index is 495. The summed E-state index contributed by atoms with van der Waals surface area (Å²) in [5.41, 5.74) is 8.03. The van der Waals surface area contributed by atoms with Crippen LogP contribution in [0.25, 0.3) is 0 Å². The van der Waals surface area contributed by atoms with Crippen LogP contribution in [0.5, 0.6) is 0 Å². The summed E-state index contributed by atoms with van der Waals surface area (Å²) in [4.78, 5) is 16.6. The average Bonchev–Trinajstić information content (AvgIpc) is 2.42. The van der Waals surface area contributed by atoms with Crippen LogP contribution in [-0.2, 0) is 17.8 Å². The second-order valence-electron chi connectivity index (χ2n) is 6.37. The molecule has 1 aromatic carbocycles. The fraction of sp³-hybridized carbons (Fsp3) is 0.588. The van der Waals surface area contributed by atoms with Gasteiger partial charge in [0.05, 0.1) is 6.42 Å². The fourth-order valence-electron chi connectivity index (χ4n) is 3.09. The molecule has 2 rings (SSSR count). The maximum absolute atomic E-state index is 12.5. The van der Waals surface area contributed by atoms with Gasteiger partial charge in [0.2, 0.25) is 5.91 Å². The summed E-state index contributed by atoms with van der Waals surface area (Å²) in [5.74, 6) is 0.170. The van der Waals surface area contributed by atoms with Crippen LogP contribution in [0.3, 0.4) is 0 Å². The molecule has 0 aliphatic heterocycles. The van der Waals surface area contributed by atoms with Crippen LogP contribution in [-0.4, -0.2) is 48.9 Å². The van der Waals surface area contributed by atoms with E-state index in [1.54, 1.807) is 0 Å². The van der Waals surface area contributed by atoms with E-state index in [1.165, 1.54) is 19.3 Å². The first-order valence-corrected chi connectivity index (χ1v) is 7.67. The number of nitrogens with zero attached hydrogens (tertiary/aromatic N) is 2. The minimum atomic E-state index is 0.170. The van der Waals surface area contributed by atoms with E-state index in [2.05, 4.69) is 19.0 Å². The molecule has 116 valence electrons. The van der Waals surface area contributed by atoms with Gasteiger partial charge in [-0.25, -0.2) is 0 Å². The Hall–Kier alpha value is -1.39. The zero-order valence-corrected chi connectivity index (χ0v) is 13.4. The highest BCUT2D eigenvalue weighted by molar-refractivity contribution is 5.79. The van der Waals surface area contributed by atoms with Gasteiger partial charge in [-0.2, -0.15) is 0 Å². The van der Waals surface area contributed by atoms with E-state index in [0.717, 1.165) is 17.7 Å². The number of amides is 1. The molecule has 1 saturated carbocycles. The van der Waals surface area contributed by atoms with Crippen molar-refractivity contribution in [3.63, 3.8) is 0 Å². The topological polar surface area (TPSA) is 49.6 Å². The second kappa shape index (κ2) is 6.58. The lowest BCUT2D eigenvalue weighted by molar-refractivity contribution is -0.132. The lowest BCUT2D eigenvalue weighted by atomic mass is 9.75. The summed E-state index contributed by atoms with van der Waals surface area (Å²) >= 11 is 0. The van der Waals surface area contributed by atoms with Gasteiger partial charge < -0.3 is 15.5 Å². The van der Waals surface area contributed by atoms with Crippen molar-refractivity contribution in [3.05, 3.63) is 35.4 Å². The normalized spacial score (nSPS) is 16.6. The monoisotopic (exact) mass is 289 g/mol. The first kappa shape index (κ1) is 16.0. The molecule has 2 N–H and O–H groups in total. The number of carbonyl (C=O) groups is 1. The molecule has 0 bridgehead atoms. The number of hydrogen-bond acceptors (Lipinski definition) is 3. The summed E-state index contributed by atoms with van der Waals surface area (Å²) in [7, 11) is 6.14. The van der Waals surface area contributed by atoms with Crippen LogP contribution in [0, 0.1) is 0 Å². The van der Waals surface area contributed by atoms with Crippen molar-refractivity contribution in [2.45, 2.75) is 37.8 Å². The Morgan fingerprint density at radius 1 is 1.19 bits per heavy atom. The van der Waals surface area contributed by atoms with Crippen molar-refractivity contribution >= 4 is 5.91 Å². The van der Waals surface area contributed by atoms with Gasteiger partial charge in [-0.3, -0.25) is 4.79 Å². The lowest BCUT2D eigenvalue weighted by Crippen LogP contribution is -2.57. The molecule has 0 unspecified atom stereocenters. The molecular formula is C17H27N3O. The van der Waals surface area contributed by atoms with Crippen molar-refractivity contribution in [2.75, 3.05) is 27.7 Å². The molecule has 0 radical (unpaired) electrons. The van der Waals surface area contributed by atoms with Gasteiger partial charge in [0.25, 0.3) is 0 Å². The van der Waals surface area contributed by atoms with E-state index in [9.17, 15) is 4.79 Å². The van der Waals surface area contributed by atoms with Gasteiger partial charge in [-0.05, 0) is 44.5 Å². The Balaban J connectivity index is 2.00. The molecule has 0 atom stereocenters. The Labute approximate surface area is 127 Å². The fourth-order valence-corrected chi connectivity index (χ4v) is 3.09. The molecule has 1 aromatic rings. The van der Waals surface area contributed by atoms with Crippen molar-refractivity contribution in [1.29, 1.82) is 0 Å². The Morgan fingerprint density at radius 3 is 2.29 bits per heavy atom.